The fourth-order valence-electron chi connectivity index (χ4n) is 4.48. The van der Waals surface area contributed by atoms with Crippen LogP contribution in [0.1, 0.15) is 58.4 Å². The van der Waals surface area contributed by atoms with E-state index in [1.807, 2.05) is 51.1 Å². The third kappa shape index (κ3) is 8.01. The molecular formula is C26H38N2O6. The van der Waals surface area contributed by atoms with Crippen molar-refractivity contribution in [1.29, 1.82) is 0 Å². The second-order valence-corrected chi connectivity index (χ2v) is 10.1. The quantitative estimate of drug-likeness (QED) is 0.331. The molecule has 3 rings (SSSR count). The molecule has 0 spiro atoms. The van der Waals surface area contributed by atoms with Crippen LogP contribution in [0, 0.1) is 11.8 Å². The van der Waals surface area contributed by atoms with Gasteiger partial charge in [-0.25, -0.2) is 4.79 Å². The zero-order valence-corrected chi connectivity index (χ0v) is 20.6. The van der Waals surface area contributed by atoms with E-state index in [4.69, 9.17) is 14.2 Å². The lowest BCUT2D eigenvalue weighted by atomic mass is 9.98. The van der Waals surface area contributed by atoms with Crippen LogP contribution in [-0.4, -0.2) is 60.8 Å². The molecule has 1 amide bonds. The summed E-state index contributed by atoms with van der Waals surface area (Å²) < 4.78 is 16.4. The predicted molar refractivity (Wildman–Crippen MR) is 127 cm³/mol. The SMILES string of the molecule is CC(C)(C)OC(=O)N1CCC(C(=O)OCCN[C@H](C(=O)OCc2ccccc2)C2CCCC2)C1. The lowest BCUT2D eigenvalue weighted by molar-refractivity contribution is -0.149. The first-order chi connectivity index (χ1) is 16.2. The van der Waals surface area contributed by atoms with Gasteiger partial charge in [0, 0.05) is 19.6 Å². The third-order valence-corrected chi connectivity index (χ3v) is 6.23. The number of likely N-dealkylation sites (tertiary alicyclic amines) is 1. The van der Waals surface area contributed by atoms with Crippen molar-refractivity contribution in [2.75, 3.05) is 26.2 Å². The summed E-state index contributed by atoms with van der Waals surface area (Å²) in [4.78, 5) is 39.0. The van der Waals surface area contributed by atoms with Crippen LogP contribution in [-0.2, 0) is 30.4 Å². The molecule has 1 unspecified atom stereocenters. The highest BCUT2D eigenvalue weighted by Crippen LogP contribution is 2.28. The number of carbonyl (C=O) groups is 3. The smallest absolute Gasteiger partial charge is 0.410 e. The van der Waals surface area contributed by atoms with Crippen LogP contribution in [0.25, 0.3) is 0 Å². The molecule has 8 heteroatoms. The molecule has 2 atom stereocenters. The maximum atomic E-state index is 12.8. The Hall–Kier alpha value is -2.61. The second kappa shape index (κ2) is 12.2. The summed E-state index contributed by atoms with van der Waals surface area (Å²) in [5, 5.41) is 3.26. The number of rotatable bonds is 9. The Morgan fingerprint density at radius 1 is 1.06 bits per heavy atom. The minimum atomic E-state index is -0.570. The van der Waals surface area contributed by atoms with E-state index in [1.165, 1.54) is 0 Å². The Bertz CT molecular complexity index is 816. The second-order valence-electron chi connectivity index (χ2n) is 10.1. The summed E-state index contributed by atoms with van der Waals surface area (Å²) in [6.45, 7) is 7.01. The maximum absolute atomic E-state index is 12.8. The van der Waals surface area contributed by atoms with Gasteiger partial charge in [0.1, 0.15) is 24.9 Å². The molecule has 1 N–H and O–H groups in total. The largest absolute Gasteiger partial charge is 0.464 e. The standard InChI is InChI=1S/C26H38N2O6/c1-26(2,3)34-25(31)28-15-13-21(17-28)23(29)32-16-14-27-22(20-11-7-8-12-20)24(30)33-18-19-9-5-4-6-10-19/h4-6,9-10,20-22,27H,7-8,11-18H2,1-3H3/t21?,22-/m0/s1. The molecule has 1 aromatic carbocycles. The third-order valence-electron chi connectivity index (χ3n) is 6.23. The van der Waals surface area contributed by atoms with Gasteiger partial charge in [0.25, 0.3) is 0 Å². The minimum Gasteiger partial charge on any atom is -0.464 e. The normalized spacial score (nSPS) is 19.6. The number of nitrogens with one attached hydrogen (secondary N) is 1. The molecule has 34 heavy (non-hydrogen) atoms. The number of hydrogen-bond donors (Lipinski definition) is 1. The number of benzene rings is 1. The monoisotopic (exact) mass is 474 g/mol. The summed E-state index contributed by atoms with van der Waals surface area (Å²) in [5.41, 5.74) is 0.381. The van der Waals surface area contributed by atoms with Gasteiger partial charge in [-0.1, -0.05) is 43.2 Å². The van der Waals surface area contributed by atoms with Crippen molar-refractivity contribution in [2.24, 2.45) is 11.8 Å². The lowest BCUT2D eigenvalue weighted by Gasteiger charge is -2.24. The molecule has 0 bridgehead atoms. The molecule has 2 aliphatic rings. The van der Waals surface area contributed by atoms with Gasteiger partial charge < -0.3 is 24.4 Å². The first-order valence-electron chi connectivity index (χ1n) is 12.3. The summed E-state index contributed by atoms with van der Waals surface area (Å²) >= 11 is 0. The molecule has 1 aliphatic heterocycles. The molecule has 188 valence electrons. The van der Waals surface area contributed by atoms with Crippen molar-refractivity contribution in [3.8, 4) is 0 Å². The zero-order chi connectivity index (χ0) is 24.6. The number of hydrogen-bond acceptors (Lipinski definition) is 7. The number of carbonyl (C=O) groups excluding carboxylic acids is 3. The fraction of sp³-hybridized carbons (Fsp3) is 0.654. The molecule has 2 fully saturated rings. The first-order valence-corrected chi connectivity index (χ1v) is 12.3. The van der Waals surface area contributed by atoms with Gasteiger partial charge in [0.05, 0.1) is 5.92 Å². The lowest BCUT2D eigenvalue weighted by Crippen LogP contribution is -2.44. The highest BCUT2D eigenvalue weighted by Gasteiger charge is 2.35. The van der Waals surface area contributed by atoms with Gasteiger partial charge in [-0.05, 0) is 51.5 Å². The molecule has 1 heterocycles. The maximum Gasteiger partial charge on any atom is 0.410 e. The van der Waals surface area contributed by atoms with E-state index in [0.29, 0.717) is 26.1 Å². The molecule has 1 aliphatic carbocycles. The van der Waals surface area contributed by atoms with E-state index in [-0.39, 0.29) is 37.0 Å². The van der Waals surface area contributed by atoms with Crippen molar-refractivity contribution in [1.82, 2.24) is 10.2 Å². The van der Waals surface area contributed by atoms with E-state index >= 15 is 0 Å². The predicted octanol–water partition coefficient (Wildman–Crippen LogP) is 3.68. The molecular weight excluding hydrogens is 436 g/mol. The molecule has 1 saturated carbocycles. The van der Waals surface area contributed by atoms with Crippen molar-refractivity contribution in [3.05, 3.63) is 35.9 Å². The van der Waals surface area contributed by atoms with E-state index in [1.54, 1.807) is 4.90 Å². The number of nitrogens with zero attached hydrogens (tertiary/aromatic N) is 1. The van der Waals surface area contributed by atoms with Crippen LogP contribution in [0.2, 0.25) is 0 Å². The minimum absolute atomic E-state index is 0.164. The summed E-state index contributed by atoms with van der Waals surface area (Å²) in [7, 11) is 0. The van der Waals surface area contributed by atoms with E-state index in [9.17, 15) is 14.4 Å². The number of ether oxygens (including phenoxy) is 3. The molecule has 1 aromatic rings. The molecule has 0 radical (unpaired) electrons. The Morgan fingerprint density at radius 3 is 2.44 bits per heavy atom. The molecule has 8 nitrogen and oxygen atoms in total. The van der Waals surface area contributed by atoms with E-state index in [2.05, 4.69) is 5.32 Å². The Morgan fingerprint density at radius 2 is 1.76 bits per heavy atom. The van der Waals surface area contributed by atoms with Crippen LogP contribution in [0.3, 0.4) is 0 Å². The van der Waals surface area contributed by atoms with Gasteiger partial charge in [0.2, 0.25) is 0 Å². The summed E-state index contributed by atoms with van der Waals surface area (Å²) in [5.74, 6) is -0.701. The average molecular weight is 475 g/mol. The van der Waals surface area contributed by atoms with Crippen LogP contribution < -0.4 is 5.32 Å². The van der Waals surface area contributed by atoms with Gasteiger partial charge in [-0.2, -0.15) is 0 Å². The van der Waals surface area contributed by atoms with E-state index in [0.717, 1.165) is 31.2 Å². The highest BCUT2D eigenvalue weighted by atomic mass is 16.6. The molecule has 1 saturated heterocycles. The zero-order valence-electron chi connectivity index (χ0n) is 20.6. The van der Waals surface area contributed by atoms with Gasteiger partial charge in [0.15, 0.2) is 0 Å². The molecule has 0 aromatic heterocycles. The van der Waals surface area contributed by atoms with Crippen molar-refractivity contribution < 1.29 is 28.6 Å². The number of esters is 2. The van der Waals surface area contributed by atoms with Crippen molar-refractivity contribution >= 4 is 18.0 Å². The van der Waals surface area contributed by atoms with Crippen LogP contribution in [0.4, 0.5) is 4.79 Å². The Kier molecular flexibility index (Phi) is 9.33. The average Bonchev–Trinajstić information content (AvgIpc) is 3.49. The van der Waals surface area contributed by atoms with E-state index < -0.39 is 17.7 Å². The Balaban J connectivity index is 1.41. The van der Waals surface area contributed by atoms with Crippen LogP contribution in [0.15, 0.2) is 30.3 Å². The van der Waals surface area contributed by atoms with Crippen molar-refractivity contribution in [3.63, 3.8) is 0 Å². The summed E-state index contributed by atoms with van der Waals surface area (Å²) in [6.07, 6.45) is 4.35. The highest BCUT2D eigenvalue weighted by molar-refractivity contribution is 5.76. The van der Waals surface area contributed by atoms with Crippen molar-refractivity contribution in [2.45, 2.75) is 71.1 Å². The summed E-state index contributed by atoms with van der Waals surface area (Å²) in [6, 6.07) is 9.22. The van der Waals surface area contributed by atoms with Crippen LogP contribution in [0.5, 0.6) is 0 Å². The van der Waals surface area contributed by atoms with Crippen LogP contribution >= 0.6 is 0 Å². The Labute approximate surface area is 202 Å². The van der Waals surface area contributed by atoms with Gasteiger partial charge in [-0.15, -0.1) is 0 Å². The van der Waals surface area contributed by atoms with Gasteiger partial charge >= 0.3 is 18.0 Å². The topological polar surface area (TPSA) is 94.2 Å². The first kappa shape index (κ1) is 26.0. The number of amides is 1. The van der Waals surface area contributed by atoms with Gasteiger partial charge in [-0.3, -0.25) is 9.59 Å². The fourth-order valence-corrected chi connectivity index (χ4v) is 4.48.